The number of pyridine rings is 1. The molecule has 0 amide bonds. The summed E-state index contributed by atoms with van der Waals surface area (Å²) in [4.78, 5) is 4.41. The molecule has 0 saturated heterocycles. The second-order valence-electron chi connectivity index (χ2n) is 5.04. The molecule has 0 aliphatic heterocycles. The zero-order chi connectivity index (χ0) is 12.4. The number of nitrogens with two attached hydrogens (primary N) is 1. The van der Waals surface area contributed by atoms with Crippen LogP contribution in [0.4, 0.5) is 0 Å². The fourth-order valence-electron chi connectivity index (χ4n) is 2.74. The van der Waals surface area contributed by atoms with Gasteiger partial charge >= 0.3 is 0 Å². The minimum absolute atomic E-state index is 0.252. The largest absolute Gasteiger partial charge is 0.324 e. The van der Waals surface area contributed by atoms with Crippen molar-refractivity contribution in [2.45, 2.75) is 31.7 Å². The van der Waals surface area contributed by atoms with Crippen molar-refractivity contribution in [2.75, 3.05) is 0 Å². The summed E-state index contributed by atoms with van der Waals surface area (Å²) < 4.78 is 0. The van der Waals surface area contributed by atoms with E-state index in [2.05, 4.69) is 35.3 Å². The molecule has 1 atom stereocenters. The van der Waals surface area contributed by atoms with Crippen molar-refractivity contribution in [1.29, 1.82) is 0 Å². The molecule has 2 nitrogen and oxygen atoms in total. The Morgan fingerprint density at radius 3 is 3.00 bits per heavy atom. The van der Waals surface area contributed by atoms with Gasteiger partial charge in [-0.15, -0.1) is 0 Å². The van der Waals surface area contributed by atoms with Crippen LogP contribution in [0.3, 0.4) is 0 Å². The van der Waals surface area contributed by atoms with Gasteiger partial charge in [-0.1, -0.05) is 29.8 Å². The molecule has 2 heteroatoms. The Morgan fingerprint density at radius 2 is 2.11 bits per heavy atom. The van der Waals surface area contributed by atoms with E-state index in [9.17, 15) is 0 Å². The van der Waals surface area contributed by atoms with E-state index in [0.29, 0.717) is 0 Å². The number of aromatic nitrogens is 1. The van der Waals surface area contributed by atoms with E-state index >= 15 is 0 Å². The van der Waals surface area contributed by atoms with Crippen LogP contribution >= 0.6 is 0 Å². The van der Waals surface area contributed by atoms with Crippen LogP contribution in [0.25, 0.3) is 10.9 Å². The third-order valence-corrected chi connectivity index (χ3v) is 3.64. The number of hydrogen-bond acceptors (Lipinski definition) is 2. The van der Waals surface area contributed by atoms with Gasteiger partial charge in [0.1, 0.15) is 0 Å². The number of rotatable bonds is 2. The molecule has 92 valence electrons. The fraction of sp³-hybridized carbons (Fsp3) is 0.312. The summed E-state index contributed by atoms with van der Waals surface area (Å²) in [5, 5.41) is 1.26. The number of allylic oxidation sites excluding steroid dienone is 1. The van der Waals surface area contributed by atoms with Gasteiger partial charge in [0.15, 0.2) is 0 Å². The molecule has 3 rings (SSSR count). The minimum atomic E-state index is 0.252. The zero-order valence-electron chi connectivity index (χ0n) is 10.5. The van der Waals surface area contributed by atoms with Crippen molar-refractivity contribution in [2.24, 2.45) is 5.73 Å². The quantitative estimate of drug-likeness (QED) is 0.816. The predicted molar refractivity (Wildman–Crippen MR) is 75.4 cm³/mol. The molecular formula is C16H18N2. The van der Waals surface area contributed by atoms with Gasteiger partial charge in [0.25, 0.3) is 0 Å². The van der Waals surface area contributed by atoms with Crippen molar-refractivity contribution >= 4 is 10.9 Å². The van der Waals surface area contributed by atoms with Gasteiger partial charge in [-0.05, 0) is 43.4 Å². The first kappa shape index (κ1) is 11.4. The van der Waals surface area contributed by atoms with Gasteiger partial charge in [0, 0.05) is 17.6 Å². The molecule has 0 radical (unpaired) electrons. The van der Waals surface area contributed by atoms with Crippen LogP contribution in [0, 0.1) is 0 Å². The van der Waals surface area contributed by atoms with Gasteiger partial charge in [0.2, 0.25) is 0 Å². The third kappa shape index (κ3) is 2.29. The highest BCUT2D eigenvalue weighted by molar-refractivity contribution is 5.82. The zero-order valence-corrected chi connectivity index (χ0v) is 10.5. The van der Waals surface area contributed by atoms with Gasteiger partial charge in [-0.2, -0.15) is 0 Å². The highest BCUT2D eigenvalue weighted by Gasteiger charge is 2.11. The summed E-state index contributed by atoms with van der Waals surface area (Å²) >= 11 is 0. The van der Waals surface area contributed by atoms with E-state index < -0.39 is 0 Å². The average molecular weight is 238 g/mol. The maximum Gasteiger partial charge on any atom is 0.0704 e. The molecule has 0 fully saturated rings. The van der Waals surface area contributed by atoms with Crippen LogP contribution in [0.15, 0.2) is 48.2 Å². The van der Waals surface area contributed by atoms with E-state index in [4.69, 9.17) is 5.73 Å². The lowest BCUT2D eigenvalue weighted by atomic mass is 9.91. The standard InChI is InChI=1S/C16H18N2/c17-14-5-3-4-12(11-14)10-13-8-9-18-16-7-2-1-6-15(13)16/h1-2,6-9,11,14H,3-5,10,17H2. The Kier molecular flexibility index (Phi) is 3.11. The number of nitrogens with zero attached hydrogens (tertiary/aromatic N) is 1. The average Bonchev–Trinajstić information content (AvgIpc) is 2.39. The first-order valence-corrected chi connectivity index (χ1v) is 6.61. The lowest BCUT2D eigenvalue weighted by molar-refractivity contribution is 0.617. The van der Waals surface area contributed by atoms with E-state index in [1.165, 1.54) is 29.4 Å². The van der Waals surface area contributed by atoms with Crippen LogP contribution in [0.1, 0.15) is 24.8 Å². The van der Waals surface area contributed by atoms with Gasteiger partial charge in [-0.25, -0.2) is 0 Å². The summed E-state index contributed by atoms with van der Waals surface area (Å²) in [6, 6.07) is 10.7. The van der Waals surface area contributed by atoms with Crippen LogP contribution < -0.4 is 5.73 Å². The summed E-state index contributed by atoms with van der Waals surface area (Å²) in [5.74, 6) is 0. The topological polar surface area (TPSA) is 38.9 Å². The summed E-state index contributed by atoms with van der Waals surface area (Å²) in [5.41, 5.74) is 9.92. The number of para-hydroxylation sites is 1. The molecule has 0 bridgehead atoms. The molecule has 1 aromatic carbocycles. The van der Waals surface area contributed by atoms with Crippen LogP contribution in [0.2, 0.25) is 0 Å². The fourth-order valence-corrected chi connectivity index (χ4v) is 2.74. The molecular weight excluding hydrogens is 220 g/mol. The summed E-state index contributed by atoms with van der Waals surface area (Å²) in [7, 11) is 0. The smallest absolute Gasteiger partial charge is 0.0704 e. The Morgan fingerprint density at radius 1 is 1.22 bits per heavy atom. The molecule has 2 N–H and O–H groups in total. The van der Waals surface area contributed by atoms with Gasteiger partial charge in [0.05, 0.1) is 5.52 Å². The molecule has 2 aromatic rings. The second kappa shape index (κ2) is 4.91. The van der Waals surface area contributed by atoms with Gasteiger partial charge in [-0.3, -0.25) is 4.98 Å². The number of benzene rings is 1. The molecule has 18 heavy (non-hydrogen) atoms. The summed E-state index contributed by atoms with van der Waals surface area (Å²) in [6.45, 7) is 0. The SMILES string of the molecule is NC1C=C(Cc2ccnc3ccccc23)CCC1. The monoisotopic (exact) mass is 238 g/mol. The van der Waals surface area contributed by atoms with Crippen LogP contribution in [-0.4, -0.2) is 11.0 Å². The highest BCUT2D eigenvalue weighted by atomic mass is 14.6. The Labute approximate surface area is 108 Å². The molecule has 1 unspecified atom stereocenters. The predicted octanol–water partition coefficient (Wildman–Crippen LogP) is 3.21. The highest BCUT2D eigenvalue weighted by Crippen LogP contribution is 2.24. The molecule has 0 spiro atoms. The Bertz CT molecular complexity index is 581. The maximum absolute atomic E-state index is 6.00. The van der Waals surface area contributed by atoms with Crippen LogP contribution in [-0.2, 0) is 6.42 Å². The van der Waals surface area contributed by atoms with E-state index in [1.807, 2.05) is 12.3 Å². The number of fused-ring (bicyclic) bond motifs is 1. The van der Waals surface area contributed by atoms with Gasteiger partial charge < -0.3 is 5.73 Å². The van der Waals surface area contributed by atoms with Crippen molar-refractivity contribution in [3.8, 4) is 0 Å². The van der Waals surface area contributed by atoms with Crippen LogP contribution in [0.5, 0.6) is 0 Å². The van der Waals surface area contributed by atoms with E-state index in [0.717, 1.165) is 18.4 Å². The second-order valence-corrected chi connectivity index (χ2v) is 5.04. The molecule has 1 aliphatic carbocycles. The molecule has 1 aromatic heterocycles. The van der Waals surface area contributed by atoms with Crippen molar-refractivity contribution in [3.63, 3.8) is 0 Å². The van der Waals surface area contributed by atoms with E-state index in [1.54, 1.807) is 0 Å². The molecule has 1 heterocycles. The molecule has 0 saturated carbocycles. The summed E-state index contributed by atoms with van der Waals surface area (Å²) in [6.07, 6.45) is 8.69. The first-order valence-electron chi connectivity index (χ1n) is 6.61. The Hall–Kier alpha value is -1.67. The maximum atomic E-state index is 6.00. The van der Waals surface area contributed by atoms with E-state index in [-0.39, 0.29) is 6.04 Å². The molecule has 1 aliphatic rings. The third-order valence-electron chi connectivity index (χ3n) is 3.64. The normalized spacial score (nSPS) is 19.8. The lowest BCUT2D eigenvalue weighted by Gasteiger charge is -2.18. The first-order chi connectivity index (χ1) is 8.83. The Balaban J connectivity index is 1.95. The van der Waals surface area contributed by atoms with Crippen molar-refractivity contribution in [3.05, 3.63) is 53.7 Å². The van der Waals surface area contributed by atoms with Crippen molar-refractivity contribution in [1.82, 2.24) is 4.98 Å². The minimum Gasteiger partial charge on any atom is -0.324 e. The van der Waals surface area contributed by atoms with Crippen molar-refractivity contribution < 1.29 is 0 Å². The lowest BCUT2D eigenvalue weighted by Crippen LogP contribution is -2.20. The number of hydrogen-bond donors (Lipinski definition) is 1.